The number of hydrogen-bond donors (Lipinski definition) is 0. The molecular weight excluding hydrogens is 601 g/mol. The van der Waals surface area contributed by atoms with E-state index >= 15 is 0 Å². The molecule has 0 amide bonds. The van der Waals surface area contributed by atoms with Crippen molar-refractivity contribution in [2.24, 2.45) is 0 Å². The highest BCUT2D eigenvalue weighted by atomic mass is 32.1. The summed E-state index contributed by atoms with van der Waals surface area (Å²) in [5, 5.41) is 6.93. The standard InChI is InChI=1S/C46H28OS/c1-3-13-29(14-4-1)41-28-32-27-31(23-26-40(32)47-41)33-24-25-39(45-38-21-11-12-22-42(38)48-46(33)45)44-36-19-9-7-17-34(36)43(30-15-5-2-6-16-30)35-18-8-10-20-37(35)44/h1-28H/i2D,5D,6D,15D,16D. The zero-order valence-corrected chi connectivity index (χ0v) is 26.4. The molecule has 0 spiro atoms. The minimum absolute atomic E-state index is 0.208. The van der Waals surface area contributed by atoms with Gasteiger partial charge < -0.3 is 4.42 Å². The van der Waals surface area contributed by atoms with Crippen molar-refractivity contribution < 1.29 is 11.3 Å². The van der Waals surface area contributed by atoms with Crippen molar-refractivity contribution in [1.82, 2.24) is 0 Å². The zero-order valence-electron chi connectivity index (χ0n) is 30.6. The van der Waals surface area contributed by atoms with Crippen molar-refractivity contribution in [2.45, 2.75) is 0 Å². The van der Waals surface area contributed by atoms with Crippen LogP contribution in [0.15, 0.2) is 174 Å². The summed E-state index contributed by atoms with van der Waals surface area (Å²) < 4.78 is 51.8. The van der Waals surface area contributed by atoms with E-state index < -0.39 is 6.04 Å². The third kappa shape index (κ3) is 4.17. The molecule has 0 atom stereocenters. The lowest BCUT2D eigenvalue weighted by atomic mass is 9.84. The van der Waals surface area contributed by atoms with Gasteiger partial charge in [0.1, 0.15) is 11.3 Å². The van der Waals surface area contributed by atoms with Crippen LogP contribution in [0.5, 0.6) is 0 Å². The van der Waals surface area contributed by atoms with Crippen molar-refractivity contribution in [3.05, 3.63) is 170 Å². The molecule has 10 aromatic rings. The molecule has 0 radical (unpaired) electrons. The quantitative estimate of drug-likeness (QED) is 0.176. The van der Waals surface area contributed by atoms with Gasteiger partial charge in [-0.05, 0) is 79.2 Å². The van der Waals surface area contributed by atoms with Crippen LogP contribution in [-0.4, -0.2) is 0 Å². The van der Waals surface area contributed by atoms with Gasteiger partial charge >= 0.3 is 0 Å². The topological polar surface area (TPSA) is 13.1 Å². The van der Waals surface area contributed by atoms with Gasteiger partial charge in [0.15, 0.2) is 0 Å². The number of fused-ring (bicyclic) bond motifs is 6. The van der Waals surface area contributed by atoms with Crippen molar-refractivity contribution in [2.75, 3.05) is 0 Å². The SMILES string of the molecule is [2H]c1c([2H])c([2H])c(-c2c3ccccc3c(-c3ccc(-c4ccc5oc(-c6ccccc6)cc5c4)c4sc5ccccc5c34)c3ccccc23)c([2H])c1[2H]. The van der Waals surface area contributed by atoms with Gasteiger partial charge in [-0.3, -0.25) is 0 Å². The molecule has 0 aliphatic heterocycles. The second kappa shape index (κ2) is 10.8. The van der Waals surface area contributed by atoms with Crippen LogP contribution in [0.1, 0.15) is 6.85 Å². The molecular formula is C46H28OS. The van der Waals surface area contributed by atoms with E-state index in [2.05, 4.69) is 84.9 Å². The average molecular weight is 634 g/mol. The summed E-state index contributed by atoms with van der Waals surface area (Å²) in [6.07, 6.45) is 0. The van der Waals surface area contributed by atoms with Crippen LogP contribution >= 0.6 is 11.3 Å². The Bertz CT molecular complexity index is 3040. The van der Waals surface area contributed by atoms with Gasteiger partial charge in [-0.15, -0.1) is 11.3 Å². The van der Waals surface area contributed by atoms with Gasteiger partial charge in [0.25, 0.3) is 0 Å². The van der Waals surface area contributed by atoms with Crippen molar-refractivity contribution in [1.29, 1.82) is 0 Å². The highest BCUT2D eigenvalue weighted by Crippen LogP contribution is 2.50. The maximum atomic E-state index is 8.94. The van der Waals surface area contributed by atoms with E-state index in [0.717, 1.165) is 71.5 Å². The highest BCUT2D eigenvalue weighted by Gasteiger charge is 2.21. The van der Waals surface area contributed by atoms with Gasteiger partial charge in [-0.1, -0.05) is 145 Å². The minimum atomic E-state index is -0.399. The summed E-state index contributed by atoms with van der Waals surface area (Å²) in [5.41, 5.74) is 7.10. The Labute approximate surface area is 289 Å². The Morgan fingerprint density at radius 2 is 1.10 bits per heavy atom. The van der Waals surface area contributed by atoms with Gasteiger partial charge in [-0.2, -0.15) is 0 Å². The Balaban J connectivity index is 1.27. The lowest BCUT2D eigenvalue weighted by molar-refractivity contribution is 0.631. The van der Waals surface area contributed by atoms with E-state index in [-0.39, 0.29) is 29.7 Å². The number of rotatable bonds is 4. The molecule has 2 heteroatoms. The van der Waals surface area contributed by atoms with E-state index in [1.165, 1.54) is 14.8 Å². The Hall–Kier alpha value is -5.96. The number of hydrogen-bond acceptors (Lipinski definition) is 2. The lowest BCUT2D eigenvalue weighted by Crippen LogP contribution is -1.91. The van der Waals surface area contributed by atoms with Crippen molar-refractivity contribution in [3.8, 4) is 44.7 Å². The van der Waals surface area contributed by atoms with Crippen LogP contribution in [0.4, 0.5) is 0 Å². The molecule has 2 heterocycles. The van der Waals surface area contributed by atoms with Gasteiger partial charge in [-0.25, -0.2) is 0 Å². The second-order valence-corrected chi connectivity index (χ2v) is 13.1. The monoisotopic (exact) mass is 633 g/mol. The van der Waals surface area contributed by atoms with Crippen LogP contribution in [0, 0.1) is 0 Å². The van der Waals surface area contributed by atoms with Gasteiger partial charge in [0.05, 0.1) is 6.85 Å². The van der Waals surface area contributed by atoms with E-state index in [1.807, 2.05) is 54.6 Å². The molecule has 0 aliphatic carbocycles. The van der Waals surface area contributed by atoms with Gasteiger partial charge in [0.2, 0.25) is 0 Å². The highest BCUT2D eigenvalue weighted by molar-refractivity contribution is 7.26. The largest absolute Gasteiger partial charge is 0.456 e. The first-order chi connectivity index (χ1) is 25.9. The van der Waals surface area contributed by atoms with Gasteiger partial charge in [0, 0.05) is 31.1 Å². The number of furan rings is 1. The maximum Gasteiger partial charge on any atom is 0.135 e. The molecule has 0 saturated heterocycles. The molecule has 48 heavy (non-hydrogen) atoms. The third-order valence-corrected chi connectivity index (χ3v) is 10.6. The summed E-state index contributed by atoms with van der Waals surface area (Å²) in [5.74, 6) is 0.839. The molecule has 1 nitrogen and oxygen atoms in total. The van der Waals surface area contributed by atoms with E-state index in [0.29, 0.717) is 5.56 Å². The minimum Gasteiger partial charge on any atom is -0.456 e. The molecule has 2 aromatic heterocycles. The molecule has 0 N–H and O–H groups in total. The molecule has 224 valence electrons. The Morgan fingerprint density at radius 1 is 0.479 bits per heavy atom. The van der Waals surface area contributed by atoms with Crippen molar-refractivity contribution in [3.63, 3.8) is 0 Å². The molecule has 0 unspecified atom stereocenters. The Morgan fingerprint density at radius 3 is 1.83 bits per heavy atom. The molecule has 0 saturated carbocycles. The molecule has 0 fully saturated rings. The molecule has 0 bridgehead atoms. The predicted octanol–water partition coefficient (Wildman–Crippen LogP) is 13.8. The third-order valence-electron chi connectivity index (χ3n) is 9.36. The normalized spacial score (nSPS) is 13.2. The Kier molecular flexibility index (Phi) is 5.07. The smallest absolute Gasteiger partial charge is 0.135 e. The molecule has 10 rings (SSSR count). The van der Waals surface area contributed by atoms with Crippen LogP contribution in [0.3, 0.4) is 0 Å². The fourth-order valence-corrected chi connectivity index (χ4v) is 8.55. The van der Waals surface area contributed by atoms with Crippen LogP contribution in [0.25, 0.3) is 97.4 Å². The average Bonchev–Trinajstić information content (AvgIpc) is 3.81. The first-order valence-corrected chi connectivity index (χ1v) is 16.8. The fraction of sp³-hybridized carbons (Fsp3) is 0. The summed E-state index contributed by atoms with van der Waals surface area (Å²) in [6, 6.07) is 46.3. The summed E-state index contributed by atoms with van der Waals surface area (Å²) >= 11 is 1.79. The molecule has 0 aliphatic rings. The fourth-order valence-electron chi connectivity index (χ4n) is 7.28. The van der Waals surface area contributed by atoms with Crippen molar-refractivity contribution >= 4 is 64.0 Å². The predicted molar refractivity (Wildman–Crippen MR) is 206 cm³/mol. The van der Waals surface area contributed by atoms with E-state index in [4.69, 9.17) is 11.3 Å². The first-order valence-electron chi connectivity index (χ1n) is 18.4. The second-order valence-electron chi connectivity index (χ2n) is 12.0. The van der Waals surface area contributed by atoms with Crippen LogP contribution in [-0.2, 0) is 0 Å². The van der Waals surface area contributed by atoms with E-state index in [9.17, 15) is 0 Å². The van der Waals surface area contributed by atoms with E-state index in [1.54, 1.807) is 11.3 Å². The summed E-state index contributed by atoms with van der Waals surface area (Å²) in [4.78, 5) is 0. The molecule has 8 aromatic carbocycles. The van der Waals surface area contributed by atoms with Crippen LogP contribution in [0.2, 0.25) is 0 Å². The lowest BCUT2D eigenvalue weighted by Gasteiger charge is -2.19. The maximum absolute atomic E-state index is 8.94. The van der Waals surface area contributed by atoms with Crippen LogP contribution < -0.4 is 0 Å². The zero-order chi connectivity index (χ0) is 36.0. The first kappa shape index (κ1) is 22.5. The number of benzene rings is 8. The summed E-state index contributed by atoms with van der Waals surface area (Å²) in [6.45, 7) is 0. The summed E-state index contributed by atoms with van der Waals surface area (Å²) in [7, 11) is 0. The number of thiophene rings is 1.